The SMILES string of the molecule is Cc1cc2oc(C(=O)Nc3nnc(SCc4ccc(F)cc4)s3)c(C)c2cc1Cl. The molecule has 5 nitrogen and oxygen atoms in total. The van der Waals surface area contributed by atoms with Gasteiger partial charge in [-0.15, -0.1) is 10.2 Å². The van der Waals surface area contributed by atoms with Crippen LogP contribution in [-0.4, -0.2) is 16.1 Å². The number of amides is 1. The molecule has 0 aliphatic heterocycles. The van der Waals surface area contributed by atoms with Gasteiger partial charge in [0.15, 0.2) is 10.1 Å². The van der Waals surface area contributed by atoms with Crippen molar-refractivity contribution in [3.63, 3.8) is 0 Å². The molecule has 2 aromatic carbocycles. The third-order valence-electron chi connectivity index (χ3n) is 4.33. The number of fused-ring (bicyclic) bond motifs is 1. The molecule has 1 amide bonds. The van der Waals surface area contributed by atoms with Crippen LogP contribution in [0.15, 0.2) is 45.2 Å². The van der Waals surface area contributed by atoms with Gasteiger partial charge >= 0.3 is 0 Å². The molecule has 0 bridgehead atoms. The Morgan fingerprint density at radius 1 is 1.24 bits per heavy atom. The van der Waals surface area contributed by atoms with E-state index in [0.717, 1.165) is 22.1 Å². The lowest BCUT2D eigenvalue weighted by Gasteiger charge is -1.99. The highest BCUT2D eigenvalue weighted by Gasteiger charge is 2.20. The fourth-order valence-corrected chi connectivity index (χ4v) is 4.62. The first-order valence-corrected chi connectivity index (χ1v) is 10.8. The monoisotopic (exact) mass is 447 g/mol. The van der Waals surface area contributed by atoms with Crippen molar-refractivity contribution in [2.75, 3.05) is 5.32 Å². The molecule has 2 heterocycles. The number of aryl methyl sites for hydroxylation is 2. The quantitative estimate of drug-likeness (QED) is 0.290. The summed E-state index contributed by atoms with van der Waals surface area (Å²) in [5.41, 5.74) is 3.19. The van der Waals surface area contributed by atoms with Crippen molar-refractivity contribution >= 4 is 56.7 Å². The van der Waals surface area contributed by atoms with Gasteiger partial charge in [0.05, 0.1) is 0 Å². The molecule has 4 rings (SSSR count). The Morgan fingerprint density at radius 2 is 2.00 bits per heavy atom. The second-order valence-electron chi connectivity index (χ2n) is 6.40. The summed E-state index contributed by atoms with van der Waals surface area (Å²) in [5.74, 6) is 0.195. The Balaban J connectivity index is 1.46. The summed E-state index contributed by atoms with van der Waals surface area (Å²) in [7, 11) is 0. The van der Waals surface area contributed by atoms with Gasteiger partial charge in [-0.25, -0.2) is 4.39 Å². The van der Waals surface area contributed by atoms with Crippen LogP contribution >= 0.6 is 34.7 Å². The van der Waals surface area contributed by atoms with Crippen LogP contribution in [0.5, 0.6) is 0 Å². The second-order valence-corrected chi connectivity index (χ2v) is 9.00. The van der Waals surface area contributed by atoms with Crippen LogP contribution in [0.25, 0.3) is 11.0 Å². The number of carbonyl (C=O) groups excluding carboxylic acids is 1. The number of halogens is 2. The first kappa shape index (κ1) is 19.9. The predicted octanol–water partition coefficient (Wildman–Crippen LogP) is 6.24. The molecule has 0 spiro atoms. The predicted molar refractivity (Wildman–Crippen MR) is 115 cm³/mol. The largest absolute Gasteiger partial charge is 0.451 e. The normalized spacial score (nSPS) is 11.2. The van der Waals surface area contributed by atoms with E-state index in [2.05, 4.69) is 15.5 Å². The van der Waals surface area contributed by atoms with Crippen molar-refractivity contribution < 1.29 is 13.6 Å². The topological polar surface area (TPSA) is 68.0 Å². The Morgan fingerprint density at radius 3 is 2.76 bits per heavy atom. The zero-order valence-corrected chi connectivity index (χ0v) is 17.8. The Labute approximate surface area is 179 Å². The third-order valence-corrected chi connectivity index (χ3v) is 6.78. The van der Waals surface area contributed by atoms with Crippen LogP contribution < -0.4 is 5.32 Å². The lowest BCUT2D eigenvalue weighted by atomic mass is 10.1. The lowest BCUT2D eigenvalue weighted by molar-refractivity contribution is 0.0998. The minimum atomic E-state index is -0.390. The van der Waals surface area contributed by atoms with Gasteiger partial charge in [0.25, 0.3) is 5.91 Å². The highest BCUT2D eigenvalue weighted by Crippen LogP contribution is 2.32. The molecule has 0 atom stereocenters. The number of nitrogens with zero attached hydrogens (tertiary/aromatic N) is 2. The van der Waals surface area contributed by atoms with E-state index in [0.29, 0.717) is 25.8 Å². The van der Waals surface area contributed by atoms with Crippen molar-refractivity contribution in [2.24, 2.45) is 0 Å². The number of anilines is 1. The standard InChI is InChI=1S/C20H15ClFN3O2S2/c1-10-7-16-14(8-15(10)21)11(2)17(27-16)18(26)23-19-24-25-20(29-19)28-9-12-3-5-13(22)6-4-12/h3-8H,9H2,1-2H3,(H,23,24,26). The molecule has 4 aromatic rings. The summed E-state index contributed by atoms with van der Waals surface area (Å²) in [6.45, 7) is 3.70. The molecule has 0 fully saturated rings. The van der Waals surface area contributed by atoms with E-state index in [1.54, 1.807) is 18.2 Å². The molecule has 148 valence electrons. The molecule has 29 heavy (non-hydrogen) atoms. The van der Waals surface area contributed by atoms with E-state index in [9.17, 15) is 9.18 Å². The van der Waals surface area contributed by atoms with Gasteiger partial charge in [-0.05, 0) is 49.2 Å². The van der Waals surface area contributed by atoms with E-state index in [-0.39, 0.29) is 11.6 Å². The first-order valence-electron chi connectivity index (χ1n) is 8.62. The molecule has 0 saturated heterocycles. The molecule has 0 radical (unpaired) electrons. The maximum atomic E-state index is 13.0. The molecule has 0 aliphatic carbocycles. The Bertz CT molecular complexity index is 1200. The highest BCUT2D eigenvalue weighted by molar-refractivity contribution is 8.00. The number of rotatable bonds is 5. The van der Waals surface area contributed by atoms with Crippen LogP contribution in [0.2, 0.25) is 5.02 Å². The van der Waals surface area contributed by atoms with Gasteiger partial charge in [0.1, 0.15) is 11.4 Å². The molecular formula is C20H15ClFN3O2S2. The van der Waals surface area contributed by atoms with E-state index in [4.69, 9.17) is 16.0 Å². The van der Waals surface area contributed by atoms with Crippen LogP contribution in [0, 0.1) is 19.7 Å². The van der Waals surface area contributed by atoms with Crippen molar-refractivity contribution in [1.82, 2.24) is 10.2 Å². The summed E-state index contributed by atoms with van der Waals surface area (Å²) < 4.78 is 19.4. The molecule has 9 heteroatoms. The first-order chi connectivity index (χ1) is 13.9. The van der Waals surface area contributed by atoms with Crippen LogP contribution in [0.4, 0.5) is 9.52 Å². The molecule has 1 N–H and O–H groups in total. The number of aromatic nitrogens is 2. The van der Waals surface area contributed by atoms with Crippen molar-refractivity contribution in [2.45, 2.75) is 23.9 Å². The molecule has 2 aromatic heterocycles. The number of furan rings is 1. The van der Waals surface area contributed by atoms with Gasteiger partial charge in [-0.2, -0.15) is 0 Å². The molecule has 0 saturated carbocycles. The maximum Gasteiger partial charge on any atom is 0.293 e. The number of benzene rings is 2. The number of hydrogen-bond acceptors (Lipinski definition) is 6. The number of nitrogens with one attached hydrogen (secondary N) is 1. The van der Waals surface area contributed by atoms with Gasteiger partial charge in [0.2, 0.25) is 5.13 Å². The van der Waals surface area contributed by atoms with Crippen LogP contribution in [-0.2, 0) is 5.75 Å². The number of thioether (sulfide) groups is 1. The lowest BCUT2D eigenvalue weighted by Crippen LogP contribution is -2.11. The fraction of sp³-hybridized carbons (Fsp3) is 0.150. The van der Waals surface area contributed by atoms with Crippen molar-refractivity contribution in [3.05, 3.63) is 69.7 Å². The van der Waals surface area contributed by atoms with Crippen molar-refractivity contribution in [1.29, 1.82) is 0 Å². The number of hydrogen-bond donors (Lipinski definition) is 1. The zero-order valence-electron chi connectivity index (χ0n) is 15.5. The summed E-state index contributed by atoms with van der Waals surface area (Å²) in [6, 6.07) is 9.92. The van der Waals surface area contributed by atoms with E-state index in [1.165, 1.54) is 35.2 Å². The van der Waals surface area contributed by atoms with Gasteiger partial charge in [-0.3, -0.25) is 10.1 Å². The summed E-state index contributed by atoms with van der Waals surface area (Å²) in [6.07, 6.45) is 0. The molecule has 0 aliphatic rings. The smallest absolute Gasteiger partial charge is 0.293 e. The Kier molecular flexibility index (Phi) is 5.58. The molecule has 0 unspecified atom stereocenters. The van der Waals surface area contributed by atoms with Crippen LogP contribution in [0.3, 0.4) is 0 Å². The minimum absolute atomic E-state index is 0.220. The molecular weight excluding hydrogens is 433 g/mol. The average molecular weight is 448 g/mol. The fourth-order valence-electron chi connectivity index (χ4n) is 2.76. The Hall–Kier alpha value is -2.42. The van der Waals surface area contributed by atoms with Crippen LogP contribution in [0.1, 0.15) is 27.2 Å². The average Bonchev–Trinajstić information content (AvgIpc) is 3.26. The second kappa shape index (κ2) is 8.14. The summed E-state index contributed by atoms with van der Waals surface area (Å²) in [5, 5.41) is 12.6. The third kappa shape index (κ3) is 4.29. The zero-order chi connectivity index (χ0) is 20.5. The highest BCUT2D eigenvalue weighted by atomic mass is 35.5. The van der Waals surface area contributed by atoms with Gasteiger partial charge in [0, 0.05) is 21.7 Å². The summed E-state index contributed by atoms with van der Waals surface area (Å²) >= 11 is 8.92. The van der Waals surface area contributed by atoms with Gasteiger partial charge < -0.3 is 4.42 Å². The number of carbonyl (C=O) groups is 1. The van der Waals surface area contributed by atoms with E-state index >= 15 is 0 Å². The van der Waals surface area contributed by atoms with Gasteiger partial charge in [-0.1, -0.05) is 46.8 Å². The summed E-state index contributed by atoms with van der Waals surface area (Å²) in [4.78, 5) is 12.7. The minimum Gasteiger partial charge on any atom is -0.451 e. The van der Waals surface area contributed by atoms with E-state index < -0.39 is 5.91 Å². The van der Waals surface area contributed by atoms with Crippen molar-refractivity contribution in [3.8, 4) is 0 Å². The maximum absolute atomic E-state index is 13.0. The van der Waals surface area contributed by atoms with E-state index in [1.807, 2.05) is 19.9 Å².